The van der Waals surface area contributed by atoms with Gasteiger partial charge in [-0.15, -0.1) is 0 Å². The van der Waals surface area contributed by atoms with Crippen molar-refractivity contribution in [1.82, 2.24) is 14.3 Å². The first-order chi connectivity index (χ1) is 12.9. The van der Waals surface area contributed by atoms with Crippen LogP contribution in [0.5, 0.6) is 0 Å². The quantitative estimate of drug-likeness (QED) is 0.704. The summed E-state index contributed by atoms with van der Waals surface area (Å²) in [5.41, 5.74) is 4.12. The highest BCUT2D eigenvalue weighted by Gasteiger charge is 2.34. The highest BCUT2D eigenvalue weighted by molar-refractivity contribution is 6.01. The zero-order chi connectivity index (χ0) is 19.1. The van der Waals surface area contributed by atoms with Crippen LogP contribution in [0.1, 0.15) is 28.7 Å². The average molecular weight is 362 g/mol. The predicted octanol–water partition coefficient (Wildman–Crippen LogP) is 2.83. The van der Waals surface area contributed by atoms with Crippen molar-refractivity contribution in [2.75, 3.05) is 18.0 Å². The summed E-state index contributed by atoms with van der Waals surface area (Å²) in [6.07, 6.45) is 1.75. The SMILES string of the molecule is Cc1ccc(N2C[C@H](C)N(C(=O)c3cn4c(C)cccc4n3)CC2=O)cc1. The Morgan fingerprint density at radius 2 is 1.85 bits per heavy atom. The van der Waals surface area contributed by atoms with Crippen LogP contribution in [0.15, 0.2) is 48.7 Å². The standard InChI is InChI=1S/C21H22N4O2/c1-14-7-9-17(10-8-14)25-11-16(3)24(13-20(25)26)21(27)18-12-23-15(2)5-4-6-19(23)22-18/h4-10,12,16H,11,13H2,1-3H3/t16-/m0/s1. The molecule has 4 rings (SSSR count). The van der Waals surface area contributed by atoms with Gasteiger partial charge in [-0.3, -0.25) is 9.59 Å². The van der Waals surface area contributed by atoms with E-state index in [-0.39, 0.29) is 24.4 Å². The molecular weight excluding hydrogens is 340 g/mol. The number of benzene rings is 1. The van der Waals surface area contributed by atoms with Crippen LogP contribution in [0.3, 0.4) is 0 Å². The summed E-state index contributed by atoms with van der Waals surface area (Å²) in [5, 5.41) is 0. The molecule has 27 heavy (non-hydrogen) atoms. The van der Waals surface area contributed by atoms with Crippen LogP contribution in [0, 0.1) is 13.8 Å². The second kappa shape index (κ2) is 6.54. The van der Waals surface area contributed by atoms with Crippen molar-refractivity contribution in [2.45, 2.75) is 26.8 Å². The first-order valence-electron chi connectivity index (χ1n) is 9.07. The normalized spacial score (nSPS) is 17.6. The molecule has 3 heterocycles. The smallest absolute Gasteiger partial charge is 0.274 e. The van der Waals surface area contributed by atoms with Gasteiger partial charge in [0.05, 0.1) is 0 Å². The molecule has 0 unspecified atom stereocenters. The first kappa shape index (κ1) is 17.3. The molecule has 1 atom stereocenters. The number of hydrogen-bond donors (Lipinski definition) is 0. The maximum atomic E-state index is 13.0. The average Bonchev–Trinajstić information content (AvgIpc) is 3.09. The molecule has 3 aromatic rings. The molecule has 6 nitrogen and oxygen atoms in total. The molecule has 0 aliphatic carbocycles. The summed E-state index contributed by atoms with van der Waals surface area (Å²) in [6.45, 7) is 6.48. The van der Waals surface area contributed by atoms with Crippen molar-refractivity contribution in [3.05, 3.63) is 65.6 Å². The van der Waals surface area contributed by atoms with Crippen LogP contribution < -0.4 is 4.90 Å². The molecule has 0 radical (unpaired) electrons. The Labute approximate surface area is 158 Å². The van der Waals surface area contributed by atoms with Crippen molar-refractivity contribution < 1.29 is 9.59 Å². The number of carbonyl (C=O) groups excluding carboxylic acids is 2. The number of aromatic nitrogens is 2. The van der Waals surface area contributed by atoms with E-state index in [9.17, 15) is 9.59 Å². The lowest BCUT2D eigenvalue weighted by atomic mass is 10.1. The number of hydrogen-bond acceptors (Lipinski definition) is 3. The topological polar surface area (TPSA) is 57.9 Å². The first-order valence-corrected chi connectivity index (χ1v) is 9.07. The number of aryl methyl sites for hydroxylation is 2. The van der Waals surface area contributed by atoms with Gasteiger partial charge >= 0.3 is 0 Å². The number of anilines is 1. The molecule has 1 aromatic carbocycles. The van der Waals surface area contributed by atoms with E-state index >= 15 is 0 Å². The van der Waals surface area contributed by atoms with Crippen molar-refractivity contribution in [3.8, 4) is 0 Å². The fourth-order valence-electron chi connectivity index (χ4n) is 3.50. The fraction of sp³-hybridized carbons (Fsp3) is 0.286. The van der Waals surface area contributed by atoms with Crippen LogP contribution in [0.25, 0.3) is 5.65 Å². The summed E-state index contributed by atoms with van der Waals surface area (Å²) >= 11 is 0. The van der Waals surface area contributed by atoms with Gasteiger partial charge < -0.3 is 14.2 Å². The van der Waals surface area contributed by atoms with Crippen molar-refractivity contribution in [3.63, 3.8) is 0 Å². The van der Waals surface area contributed by atoms with Gasteiger partial charge in [-0.1, -0.05) is 23.8 Å². The zero-order valence-electron chi connectivity index (χ0n) is 15.7. The zero-order valence-corrected chi connectivity index (χ0v) is 15.7. The lowest BCUT2D eigenvalue weighted by Gasteiger charge is -2.39. The minimum absolute atomic E-state index is 0.0563. The summed E-state index contributed by atoms with van der Waals surface area (Å²) in [6, 6.07) is 13.5. The van der Waals surface area contributed by atoms with E-state index in [1.165, 1.54) is 0 Å². The van der Waals surface area contributed by atoms with Gasteiger partial charge in [0.25, 0.3) is 5.91 Å². The van der Waals surface area contributed by atoms with E-state index in [1.807, 2.05) is 67.6 Å². The predicted molar refractivity (Wildman–Crippen MR) is 104 cm³/mol. The van der Waals surface area contributed by atoms with E-state index < -0.39 is 0 Å². The minimum atomic E-state index is -0.206. The lowest BCUT2D eigenvalue weighted by molar-refractivity contribution is -0.121. The van der Waals surface area contributed by atoms with Gasteiger partial charge in [0.2, 0.25) is 5.91 Å². The molecule has 2 aromatic heterocycles. The Kier molecular flexibility index (Phi) is 4.18. The van der Waals surface area contributed by atoms with Gasteiger partial charge in [-0.05, 0) is 45.0 Å². The summed E-state index contributed by atoms with van der Waals surface area (Å²) in [7, 11) is 0. The van der Waals surface area contributed by atoms with Crippen LogP contribution in [0.4, 0.5) is 5.69 Å². The molecule has 0 N–H and O–H groups in total. The number of carbonyl (C=O) groups is 2. The lowest BCUT2D eigenvalue weighted by Crippen LogP contribution is -2.57. The number of fused-ring (bicyclic) bond motifs is 1. The third-order valence-corrected chi connectivity index (χ3v) is 5.11. The highest BCUT2D eigenvalue weighted by Crippen LogP contribution is 2.22. The number of amides is 2. The molecule has 138 valence electrons. The van der Waals surface area contributed by atoms with E-state index in [2.05, 4.69) is 4.98 Å². The van der Waals surface area contributed by atoms with Gasteiger partial charge in [-0.2, -0.15) is 0 Å². The molecule has 1 aliphatic rings. The molecule has 1 aliphatic heterocycles. The van der Waals surface area contributed by atoms with Crippen LogP contribution in [0.2, 0.25) is 0 Å². The molecule has 2 amide bonds. The van der Waals surface area contributed by atoms with Gasteiger partial charge in [0.15, 0.2) is 0 Å². The number of pyridine rings is 1. The van der Waals surface area contributed by atoms with Gasteiger partial charge in [-0.25, -0.2) is 4.98 Å². The second-order valence-electron chi connectivity index (χ2n) is 7.14. The maximum absolute atomic E-state index is 13.0. The molecule has 1 fully saturated rings. The summed E-state index contributed by atoms with van der Waals surface area (Å²) < 4.78 is 1.89. The van der Waals surface area contributed by atoms with Crippen molar-refractivity contribution >= 4 is 23.1 Å². The molecule has 0 spiro atoms. The Bertz CT molecular complexity index is 1020. The Morgan fingerprint density at radius 3 is 2.56 bits per heavy atom. The van der Waals surface area contributed by atoms with E-state index in [4.69, 9.17) is 0 Å². The highest BCUT2D eigenvalue weighted by atomic mass is 16.2. The third-order valence-electron chi connectivity index (χ3n) is 5.11. The molecule has 0 saturated carbocycles. The number of rotatable bonds is 2. The monoisotopic (exact) mass is 362 g/mol. The van der Waals surface area contributed by atoms with E-state index in [0.717, 1.165) is 22.6 Å². The summed E-state index contributed by atoms with van der Waals surface area (Å²) in [4.78, 5) is 33.5. The fourth-order valence-corrected chi connectivity index (χ4v) is 3.50. The molecular formula is C21H22N4O2. The number of piperazine rings is 1. The molecule has 0 bridgehead atoms. The van der Waals surface area contributed by atoms with Crippen LogP contribution in [-0.4, -0.2) is 45.2 Å². The minimum Gasteiger partial charge on any atom is -0.323 e. The van der Waals surface area contributed by atoms with Crippen molar-refractivity contribution in [1.29, 1.82) is 0 Å². The Morgan fingerprint density at radius 1 is 1.11 bits per heavy atom. The van der Waals surface area contributed by atoms with E-state index in [0.29, 0.717) is 12.2 Å². The van der Waals surface area contributed by atoms with Gasteiger partial charge in [0, 0.05) is 30.2 Å². The molecule has 1 saturated heterocycles. The second-order valence-corrected chi connectivity index (χ2v) is 7.14. The van der Waals surface area contributed by atoms with Crippen LogP contribution >= 0.6 is 0 Å². The van der Waals surface area contributed by atoms with E-state index in [1.54, 1.807) is 16.0 Å². The van der Waals surface area contributed by atoms with Gasteiger partial charge in [0.1, 0.15) is 17.9 Å². The maximum Gasteiger partial charge on any atom is 0.274 e. The van der Waals surface area contributed by atoms with Crippen molar-refractivity contribution in [2.24, 2.45) is 0 Å². The molecule has 6 heteroatoms. The largest absolute Gasteiger partial charge is 0.323 e. The number of imidazole rings is 1. The number of nitrogens with zero attached hydrogens (tertiary/aromatic N) is 4. The Balaban J connectivity index is 1.57. The Hall–Kier alpha value is -3.15. The van der Waals surface area contributed by atoms with Crippen LogP contribution in [-0.2, 0) is 4.79 Å². The third kappa shape index (κ3) is 3.07. The summed E-state index contributed by atoms with van der Waals surface area (Å²) in [5.74, 6) is -0.284.